The molecule has 4 rings (SSSR count). The summed E-state index contributed by atoms with van der Waals surface area (Å²) in [6.45, 7) is 0.142. The van der Waals surface area contributed by atoms with Crippen molar-refractivity contribution in [3.05, 3.63) is 52.8 Å². The molecule has 0 unspecified atom stereocenters. The van der Waals surface area contributed by atoms with E-state index >= 15 is 0 Å². The van der Waals surface area contributed by atoms with E-state index in [0.29, 0.717) is 33.3 Å². The molecule has 7 nitrogen and oxygen atoms in total. The molecule has 1 aliphatic carbocycles. The van der Waals surface area contributed by atoms with Gasteiger partial charge in [-0.15, -0.1) is 0 Å². The monoisotopic (exact) mass is 426 g/mol. The van der Waals surface area contributed by atoms with E-state index < -0.39 is 0 Å². The Bertz CT molecular complexity index is 1000. The quantitative estimate of drug-likeness (QED) is 0.761. The summed E-state index contributed by atoms with van der Waals surface area (Å²) in [6.07, 6.45) is 6.88. The molecule has 0 bridgehead atoms. The fourth-order valence-electron chi connectivity index (χ4n) is 3.75. The van der Waals surface area contributed by atoms with Crippen molar-refractivity contribution in [3.8, 4) is 5.75 Å². The number of nitrogens with one attached hydrogen (secondary N) is 1. The third-order valence-electron chi connectivity index (χ3n) is 5.44. The molecule has 2 aromatic rings. The molecule has 0 spiro atoms. The lowest BCUT2D eigenvalue weighted by atomic mass is 9.91. The van der Waals surface area contributed by atoms with E-state index in [0.717, 1.165) is 25.7 Å². The molecule has 0 atom stereocenters. The Labute approximate surface area is 179 Å². The number of halogens is 1. The average molecular weight is 427 g/mol. The van der Waals surface area contributed by atoms with Crippen LogP contribution in [0.3, 0.4) is 0 Å². The van der Waals surface area contributed by atoms with Gasteiger partial charge in [-0.3, -0.25) is 19.6 Å². The number of amides is 1. The van der Waals surface area contributed by atoms with Gasteiger partial charge in [-0.05, 0) is 49.9 Å². The minimum Gasteiger partial charge on any atom is -0.488 e. The van der Waals surface area contributed by atoms with Crippen molar-refractivity contribution < 1.29 is 14.3 Å². The van der Waals surface area contributed by atoms with Gasteiger partial charge in [0.2, 0.25) is 0 Å². The van der Waals surface area contributed by atoms with Gasteiger partial charge in [-0.25, -0.2) is 0 Å². The average Bonchev–Trinajstić information content (AvgIpc) is 2.75. The van der Waals surface area contributed by atoms with Gasteiger partial charge in [0.15, 0.2) is 5.78 Å². The van der Waals surface area contributed by atoms with Crippen LogP contribution >= 0.6 is 11.6 Å². The Morgan fingerprint density at radius 2 is 2.03 bits per heavy atom. The van der Waals surface area contributed by atoms with Crippen LogP contribution in [-0.4, -0.2) is 41.1 Å². The molecule has 1 amide bonds. The van der Waals surface area contributed by atoms with Crippen molar-refractivity contribution in [1.82, 2.24) is 10.3 Å². The second kappa shape index (κ2) is 8.93. The Kier molecular flexibility index (Phi) is 6.11. The summed E-state index contributed by atoms with van der Waals surface area (Å²) < 4.78 is 5.80. The summed E-state index contributed by atoms with van der Waals surface area (Å²) in [7, 11) is 0. The first-order valence-electron chi connectivity index (χ1n) is 10.0. The Balaban J connectivity index is 1.42. The van der Waals surface area contributed by atoms with Crippen LogP contribution in [-0.2, 0) is 0 Å². The van der Waals surface area contributed by atoms with Crippen LogP contribution in [0.2, 0.25) is 5.02 Å². The van der Waals surface area contributed by atoms with E-state index in [-0.39, 0.29) is 36.8 Å². The largest absolute Gasteiger partial charge is 0.488 e. The van der Waals surface area contributed by atoms with E-state index in [2.05, 4.69) is 15.3 Å². The maximum atomic E-state index is 12.7. The van der Waals surface area contributed by atoms with Gasteiger partial charge in [0, 0.05) is 23.8 Å². The number of ketones is 1. The van der Waals surface area contributed by atoms with Crippen molar-refractivity contribution in [3.63, 3.8) is 0 Å². The first-order chi connectivity index (χ1) is 14.5. The molecule has 156 valence electrons. The molecule has 3 N–H and O–H groups in total. The number of pyridine rings is 1. The van der Waals surface area contributed by atoms with Crippen LogP contribution in [0.1, 0.15) is 52.8 Å². The number of aromatic nitrogens is 1. The molecule has 1 aliphatic heterocycles. The Morgan fingerprint density at radius 1 is 1.23 bits per heavy atom. The predicted octanol–water partition coefficient (Wildman–Crippen LogP) is 3.47. The molecule has 1 saturated carbocycles. The predicted molar refractivity (Wildman–Crippen MR) is 115 cm³/mol. The zero-order chi connectivity index (χ0) is 21.1. The zero-order valence-electron chi connectivity index (χ0n) is 16.4. The van der Waals surface area contributed by atoms with Crippen LogP contribution in [0.5, 0.6) is 5.75 Å². The molecule has 1 aromatic carbocycles. The molecule has 1 fully saturated rings. The highest BCUT2D eigenvalue weighted by Crippen LogP contribution is 2.26. The van der Waals surface area contributed by atoms with E-state index in [4.69, 9.17) is 22.1 Å². The van der Waals surface area contributed by atoms with Gasteiger partial charge in [0.25, 0.3) is 5.91 Å². The number of carbonyl (C=O) groups is 2. The highest BCUT2D eigenvalue weighted by atomic mass is 35.5. The van der Waals surface area contributed by atoms with E-state index in [1.807, 2.05) is 0 Å². The minimum atomic E-state index is -0.226. The molecule has 0 radical (unpaired) electrons. The molecule has 1 aromatic heterocycles. The SMILES string of the molecule is NC1CCC(NC(=O)c2cc(OCC3=Nc4cnccc4C(=O)C3)ccc2Cl)CC1. The number of fused-ring (bicyclic) bond motifs is 1. The highest BCUT2D eigenvalue weighted by molar-refractivity contribution is 6.33. The van der Waals surface area contributed by atoms with Crippen LogP contribution in [0.4, 0.5) is 5.69 Å². The molecule has 0 saturated heterocycles. The van der Waals surface area contributed by atoms with E-state index in [1.165, 1.54) is 0 Å². The van der Waals surface area contributed by atoms with Crippen LogP contribution < -0.4 is 15.8 Å². The number of Topliss-reactive ketones (excluding diaryl/α,β-unsaturated/α-hetero) is 1. The molecule has 2 heterocycles. The highest BCUT2D eigenvalue weighted by Gasteiger charge is 2.23. The van der Waals surface area contributed by atoms with Crippen molar-refractivity contribution in [2.75, 3.05) is 6.61 Å². The number of hydrogen-bond acceptors (Lipinski definition) is 6. The lowest BCUT2D eigenvalue weighted by Gasteiger charge is -2.27. The number of carbonyl (C=O) groups excluding carboxylic acids is 2. The van der Waals surface area contributed by atoms with Gasteiger partial charge in [-0.2, -0.15) is 0 Å². The van der Waals surface area contributed by atoms with E-state index in [9.17, 15) is 9.59 Å². The molecule has 2 aliphatic rings. The van der Waals surface area contributed by atoms with Crippen molar-refractivity contribution in [2.24, 2.45) is 10.7 Å². The standard InChI is InChI=1S/C22H23ClN4O3/c23-19-6-5-16(10-18(19)22(29)27-14-3-1-13(24)2-4-14)30-12-15-9-21(28)17-7-8-25-11-20(17)26-15/h5-8,10-11,13-14H,1-4,9,12,24H2,(H,27,29). The number of hydrogen-bond donors (Lipinski definition) is 2. The molecular formula is C22H23ClN4O3. The first-order valence-corrected chi connectivity index (χ1v) is 10.4. The third-order valence-corrected chi connectivity index (χ3v) is 5.77. The third kappa shape index (κ3) is 4.68. The Hall–Kier alpha value is -2.77. The number of benzene rings is 1. The number of rotatable bonds is 5. The summed E-state index contributed by atoms with van der Waals surface area (Å²) in [5.41, 5.74) is 8.02. The van der Waals surface area contributed by atoms with Gasteiger partial charge >= 0.3 is 0 Å². The summed E-state index contributed by atoms with van der Waals surface area (Å²) in [4.78, 5) is 33.4. The van der Waals surface area contributed by atoms with Crippen LogP contribution in [0, 0.1) is 0 Å². The van der Waals surface area contributed by atoms with Gasteiger partial charge in [0.05, 0.1) is 34.6 Å². The van der Waals surface area contributed by atoms with Gasteiger partial charge < -0.3 is 15.8 Å². The summed E-state index contributed by atoms with van der Waals surface area (Å²) in [6, 6.07) is 6.94. The number of nitrogens with zero attached hydrogens (tertiary/aromatic N) is 2. The van der Waals surface area contributed by atoms with Gasteiger partial charge in [0.1, 0.15) is 12.4 Å². The maximum Gasteiger partial charge on any atom is 0.253 e. The first kappa shape index (κ1) is 20.5. The molecule has 30 heavy (non-hydrogen) atoms. The van der Waals surface area contributed by atoms with Crippen molar-refractivity contribution in [1.29, 1.82) is 0 Å². The molecule has 8 heteroatoms. The zero-order valence-corrected chi connectivity index (χ0v) is 17.2. The summed E-state index contributed by atoms with van der Waals surface area (Å²) >= 11 is 6.24. The van der Waals surface area contributed by atoms with Crippen LogP contribution in [0.25, 0.3) is 0 Å². The number of nitrogens with two attached hydrogens (primary N) is 1. The molecular weight excluding hydrogens is 404 g/mol. The minimum absolute atomic E-state index is 0.00984. The smallest absolute Gasteiger partial charge is 0.253 e. The second-order valence-electron chi connectivity index (χ2n) is 7.69. The lowest BCUT2D eigenvalue weighted by Crippen LogP contribution is -2.40. The maximum absolute atomic E-state index is 12.7. The lowest BCUT2D eigenvalue weighted by molar-refractivity contribution is 0.0925. The number of ether oxygens (including phenoxy) is 1. The topological polar surface area (TPSA) is 107 Å². The van der Waals surface area contributed by atoms with E-state index in [1.54, 1.807) is 36.7 Å². The number of aliphatic imine (C=N–C) groups is 1. The van der Waals surface area contributed by atoms with Crippen LogP contribution in [0.15, 0.2) is 41.7 Å². The second-order valence-corrected chi connectivity index (χ2v) is 8.09. The summed E-state index contributed by atoms with van der Waals surface area (Å²) in [5, 5.41) is 3.40. The summed E-state index contributed by atoms with van der Waals surface area (Å²) in [5.74, 6) is 0.253. The van der Waals surface area contributed by atoms with Gasteiger partial charge in [-0.1, -0.05) is 11.6 Å². The normalized spacial score (nSPS) is 20.9. The fraction of sp³-hybridized carbons (Fsp3) is 0.364. The fourth-order valence-corrected chi connectivity index (χ4v) is 3.95. The van der Waals surface area contributed by atoms with Crippen molar-refractivity contribution in [2.45, 2.75) is 44.2 Å². The van der Waals surface area contributed by atoms with Crippen molar-refractivity contribution >= 4 is 34.7 Å². The Morgan fingerprint density at radius 3 is 2.83 bits per heavy atom.